The number of nitrogens with two attached hydrogens (primary N) is 1. The van der Waals surface area contributed by atoms with Gasteiger partial charge in [0, 0.05) is 19.3 Å². The van der Waals surface area contributed by atoms with Crippen molar-refractivity contribution in [1.29, 1.82) is 0 Å². The Morgan fingerprint density at radius 2 is 2.41 bits per heavy atom. The highest BCUT2D eigenvalue weighted by Gasteiger charge is 2.32. The molecule has 0 spiro atoms. The van der Waals surface area contributed by atoms with Gasteiger partial charge in [-0.05, 0) is 24.5 Å². The van der Waals surface area contributed by atoms with Crippen LogP contribution in [-0.2, 0) is 16.1 Å². The van der Waals surface area contributed by atoms with Crippen LogP contribution in [0.1, 0.15) is 18.4 Å². The van der Waals surface area contributed by atoms with Crippen molar-refractivity contribution in [3.63, 3.8) is 0 Å². The van der Waals surface area contributed by atoms with Gasteiger partial charge in [0.15, 0.2) is 0 Å². The fourth-order valence-corrected chi connectivity index (χ4v) is 1.93. The van der Waals surface area contributed by atoms with Gasteiger partial charge in [0.05, 0.1) is 19.4 Å². The van der Waals surface area contributed by atoms with Gasteiger partial charge < -0.3 is 15.2 Å². The lowest BCUT2D eigenvalue weighted by atomic mass is 9.96. The molecule has 0 aliphatic carbocycles. The summed E-state index contributed by atoms with van der Waals surface area (Å²) in [6, 6.07) is 1.42. The standard InChI is InChI=1S/C12H17FN2O2/c13-11-4-10(5-15-6-11)7-17-12(8-14)2-1-3-16-9-12/h4-6H,1-3,7-9,14H2. The molecule has 1 fully saturated rings. The number of hydrogen-bond acceptors (Lipinski definition) is 4. The zero-order valence-corrected chi connectivity index (χ0v) is 9.69. The normalized spacial score (nSPS) is 24.8. The predicted octanol–water partition coefficient (Wildman–Crippen LogP) is 1.25. The molecule has 1 aliphatic rings. The largest absolute Gasteiger partial charge is 0.378 e. The monoisotopic (exact) mass is 240 g/mol. The zero-order valence-electron chi connectivity index (χ0n) is 9.69. The molecule has 0 aromatic carbocycles. The van der Waals surface area contributed by atoms with Crippen LogP contribution in [0.4, 0.5) is 4.39 Å². The molecule has 1 aliphatic heterocycles. The molecule has 0 amide bonds. The van der Waals surface area contributed by atoms with Crippen LogP contribution in [0.5, 0.6) is 0 Å². The quantitative estimate of drug-likeness (QED) is 0.860. The van der Waals surface area contributed by atoms with Gasteiger partial charge in [-0.15, -0.1) is 0 Å². The Morgan fingerprint density at radius 3 is 3.06 bits per heavy atom. The van der Waals surface area contributed by atoms with Crippen LogP contribution >= 0.6 is 0 Å². The number of pyridine rings is 1. The van der Waals surface area contributed by atoms with Crippen molar-refractivity contribution in [2.45, 2.75) is 25.0 Å². The van der Waals surface area contributed by atoms with Crippen LogP contribution in [0.3, 0.4) is 0 Å². The summed E-state index contributed by atoms with van der Waals surface area (Å²) in [5.41, 5.74) is 6.02. The van der Waals surface area contributed by atoms with Crippen molar-refractivity contribution in [3.05, 3.63) is 29.8 Å². The van der Waals surface area contributed by atoms with Crippen molar-refractivity contribution < 1.29 is 13.9 Å². The van der Waals surface area contributed by atoms with E-state index in [-0.39, 0.29) is 5.82 Å². The molecule has 17 heavy (non-hydrogen) atoms. The average Bonchev–Trinajstić information content (AvgIpc) is 2.38. The van der Waals surface area contributed by atoms with E-state index in [0.717, 1.165) is 19.4 Å². The summed E-state index contributed by atoms with van der Waals surface area (Å²) in [5.74, 6) is -0.354. The van der Waals surface area contributed by atoms with E-state index < -0.39 is 5.60 Å². The number of rotatable bonds is 4. The van der Waals surface area contributed by atoms with E-state index in [4.69, 9.17) is 15.2 Å². The molecule has 1 aromatic heterocycles. The first-order valence-corrected chi connectivity index (χ1v) is 5.75. The Hall–Kier alpha value is -1.04. The van der Waals surface area contributed by atoms with Crippen LogP contribution in [-0.4, -0.2) is 30.3 Å². The molecule has 1 aromatic rings. The summed E-state index contributed by atoms with van der Waals surface area (Å²) in [6.07, 6.45) is 4.59. The maximum absolute atomic E-state index is 12.9. The second kappa shape index (κ2) is 5.53. The molecule has 0 saturated carbocycles. The third-order valence-electron chi connectivity index (χ3n) is 2.96. The van der Waals surface area contributed by atoms with Gasteiger partial charge in [-0.25, -0.2) is 4.39 Å². The topological polar surface area (TPSA) is 57.4 Å². The molecule has 5 heteroatoms. The second-order valence-electron chi connectivity index (χ2n) is 4.34. The molecule has 94 valence electrons. The maximum atomic E-state index is 12.9. The van der Waals surface area contributed by atoms with Crippen molar-refractivity contribution in [2.75, 3.05) is 19.8 Å². The molecule has 2 heterocycles. The SMILES string of the molecule is NCC1(OCc2cncc(F)c2)CCCOC1. The highest BCUT2D eigenvalue weighted by atomic mass is 19.1. The number of hydrogen-bond donors (Lipinski definition) is 1. The Bertz CT molecular complexity index is 367. The number of nitrogens with zero attached hydrogens (tertiary/aromatic N) is 1. The van der Waals surface area contributed by atoms with Crippen LogP contribution in [0.2, 0.25) is 0 Å². The summed E-state index contributed by atoms with van der Waals surface area (Å²) in [6.45, 7) is 1.99. The highest BCUT2D eigenvalue weighted by molar-refractivity contribution is 5.09. The van der Waals surface area contributed by atoms with Gasteiger partial charge >= 0.3 is 0 Å². The van der Waals surface area contributed by atoms with Crippen molar-refractivity contribution >= 4 is 0 Å². The molecule has 2 rings (SSSR count). The lowest BCUT2D eigenvalue weighted by molar-refractivity contribution is -0.130. The molecule has 1 atom stereocenters. The minimum Gasteiger partial charge on any atom is -0.378 e. The molecule has 2 N–H and O–H groups in total. The minimum absolute atomic E-state index is 0.311. The lowest BCUT2D eigenvalue weighted by Gasteiger charge is -2.35. The van der Waals surface area contributed by atoms with E-state index in [1.165, 1.54) is 12.3 Å². The minimum atomic E-state index is -0.426. The Morgan fingerprint density at radius 1 is 1.53 bits per heavy atom. The first-order chi connectivity index (χ1) is 8.24. The number of halogens is 1. The van der Waals surface area contributed by atoms with Gasteiger partial charge in [-0.1, -0.05) is 0 Å². The molecule has 0 bridgehead atoms. The Balaban J connectivity index is 1.95. The van der Waals surface area contributed by atoms with E-state index in [0.29, 0.717) is 25.3 Å². The fraction of sp³-hybridized carbons (Fsp3) is 0.583. The molecule has 1 saturated heterocycles. The molecular formula is C12H17FN2O2. The molecule has 1 unspecified atom stereocenters. The van der Waals surface area contributed by atoms with Crippen LogP contribution in [0, 0.1) is 5.82 Å². The van der Waals surface area contributed by atoms with E-state index in [2.05, 4.69) is 4.98 Å². The van der Waals surface area contributed by atoms with E-state index >= 15 is 0 Å². The summed E-state index contributed by atoms with van der Waals surface area (Å²) in [5, 5.41) is 0. The summed E-state index contributed by atoms with van der Waals surface area (Å²) >= 11 is 0. The second-order valence-corrected chi connectivity index (χ2v) is 4.34. The maximum Gasteiger partial charge on any atom is 0.141 e. The predicted molar refractivity (Wildman–Crippen MR) is 60.8 cm³/mol. The van der Waals surface area contributed by atoms with Crippen molar-refractivity contribution in [2.24, 2.45) is 5.73 Å². The van der Waals surface area contributed by atoms with Gasteiger partial charge in [-0.3, -0.25) is 4.98 Å². The molecule has 0 radical (unpaired) electrons. The summed E-state index contributed by atoms with van der Waals surface area (Å²) < 4.78 is 24.1. The third kappa shape index (κ3) is 3.21. The smallest absolute Gasteiger partial charge is 0.141 e. The lowest BCUT2D eigenvalue weighted by Crippen LogP contribution is -2.47. The molecule has 4 nitrogen and oxygen atoms in total. The average molecular weight is 240 g/mol. The number of aromatic nitrogens is 1. The van der Waals surface area contributed by atoms with Crippen LogP contribution in [0.25, 0.3) is 0 Å². The van der Waals surface area contributed by atoms with Crippen molar-refractivity contribution in [1.82, 2.24) is 4.98 Å². The Labute approximate surface area is 99.9 Å². The van der Waals surface area contributed by atoms with Crippen molar-refractivity contribution in [3.8, 4) is 0 Å². The highest BCUT2D eigenvalue weighted by Crippen LogP contribution is 2.23. The molecular weight excluding hydrogens is 223 g/mol. The fourth-order valence-electron chi connectivity index (χ4n) is 1.93. The van der Waals surface area contributed by atoms with Gasteiger partial charge in [0.2, 0.25) is 0 Å². The zero-order chi connectivity index (χ0) is 12.1. The summed E-state index contributed by atoms with van der Waals surface area (Å²) in [4.78, 5) is 3.78. The summed E-state index contributed by atoms with van der Waals surface area (Å²) in [7, 11) is 0. The number of ether oxygens (including phenoxy) is 2. The van der Waals surface area contributed by atoms with Gasteiger partial charge in [0.25, 0.3) is 0 Å². The van der Waals surface area contributed by atoms with Crippen LogP contribution in [0.15, 0.2) is 18.5 Å². The van der Waals surface area contributed by atoms with Gasteiger partial charge in [-0.2, -0.15) is 0 Å². The van der Waals surface area contributed by atoms with Crippen LogP contribution < -0.4 is 5.73 Å². The van der Waals surface area contributed by atoms with E-state index in [1.807, 2.05) is 0 Å². The first-order valence-electron chi connectivity index (χ1n) is 5.75. The van der Waals surface area contributed by atoms with E-state index in [9.17, 15) is 4.39 Å². The Kier molecular flexibility index (Phi) is 4.04. The van der Waals surface area contributed by atoms with Gasteiger partial charge in [0.1, 0.15) is 11.4 Å². The third-order valence-corrected chi connectivity index (χ3v) is 2.96. The van der Waals surface area contributed by atoms with E-state index in [1.54, 1.807) is 6.20 Å². The first kappa shape index (κ1) is 12.4.